The third-order valence-electron chi connectivity index (χ3n) is 5.90. The molecular formula is C16H19F2NO9S. The van der Waals surface area contributed by atoms with Crippen LogP contribution in [0.4, 0.5) is 8.78 Å². The van der Waals surface area contributed by atoms with Crippen LogP contribution in [0, 0.1) is 23.7 Å². The van der Waals surface area contributed by atoms with Crippen LogP contribution in [0.2, 0.25) is 0 Å². The summed E-state index contributed by atoms with van der Waals surface area (Å²) < 4.78 is 67.7. The van der Waals surface area contributed by atoms with Crippen molar-refractivity contribution in [2.75, 3.05) is 0 Å². The van der Waals surface area contributed by atoms with Gasteiger partial charge in [-0.1, -0.05) is 0 Å². The predicted molar refractivity (Wildman–Crippen MR) is 87.5 cm³/mol. The lowest BCUT2D eigenvalue weighted by Gasteiger charge is -2.33. The van der Waals surface area contributed by atoms with Gasteiger partial charge in [-0.2, -0.15) is 17.2 Å². The average molecular weight is 439 g/mol. The molecule has 29 heavy (non-hydrogen) atoms. The van der Waals surface area contributed by atoms with Crippen molar-refractivity contribution < 1.29 is 50.4 Å². The molecule has 3 fully saturated rings. The molecule has 0 aromatic rings. The minimum absolute atomic E-state index is 0.228. The number of alkyl halides is 2. The number of carbonyl (C=O) groups excluding carboxylic acids is 4. The fraction of sp³-hybridized carbons (Fsp3) is 0.750. The maximum atomic E-state index is 13.7. The molecule has 1 saturated heterocycles. The van der Waals surface area contributed by atoms with Crippen LogP contribution in [0.25, 0.3) is 0 Å². The van der Waals surface area contributed by atoms with Crippen LogP contribution in [0.1, 0.15) is 27.2 Å². The quantitative estimate of drug-likeness (QED) is 0.461. The second kappa shape index (κ2) is 6.69. The van der Waals surface area contributed by atoms with E-state index < -0.39 is 81.0 Å². The first-order valence-corrected chi connectivity index (χ1v) is 10.2. The smallest absolute Gasteiger partial charge is 0.405 e. The minimum Gasteiger partial charge on any atom is -0.460 e. The molecule has 3 rings (SSSR count). The first kappa shape index (κ1) is 21.6. The van der Waals surface area contributed by atoms with E-state index in [2.05, 4.69) is 4.74 Å². The molecule has 7 atom stereocenters. The van der Waals surface area contributed by atoms with Crippen LogP contribution in [0.5, 0.6) is 0 Å². The van der Waals surface area contributed by atoms with Gasteiger partial charge in [0.2, 0.25) is 11.8 Å². The van der Waals surface area contributed by atoms with Gasteiger partial charge in [-0.25, -0.2) is 0 Å². The molecule has 2 bridgehead atoms. The van der Waals surface area contributed by atoms with Crippen molar-refractivity contribution in [2.45, 2.75) is 50.7 Å². The van der Waals surface area contributed by atoms with E-state index in [1.165, 1.54) is 0 Å². The molecule has 0 aromatic carbocycles. The zero-order valence-electron chi connectivity index (χ0n) is 15.6. The number of amides is 2. The summed E-state index contributed by atoms with van der Waals surface area (Å²) in [6.45, 7) is 2.84. The van der Waals surface area contributed by atoms with Crippen molar-refractivity contribution in [2.24, 2.45) is 23.7 Å². The molecule has 1 heterocycles. The molecule has 3 aliphatic rings. The number of hydrogen-bond donors (Lipinski definition) is 1. The number of nitrogens with zero attached hydrogens (tertiary/aromatic N) is 1. The number of esters is 2. The number of hydrogen-bond acceptors (Lipinski definition) is 8. The largest absolute Gasteiger partial charge is 0.460 e. The van der Waals surface area contributed by atoms with Crippen LogP contribution < -0.4 is 0 Å². The molecule has 2 saturated carbocycles. The van der Waals surface area contributed by atoms with E-state index in [4.69, 9.17) is 9.29 Å². The number of imide groups is 1. The number of carbonyl (C=O) groups is 4. The SMILES string of the molecule is CC(=O)OC1C2CC3C(C(=O)N(C(C)=O)C31)C2C(=O)OC(C)C(F)(F)S(=O)(=O)O. The Morgan fingerprint density at radius 3 is 2.31 bits per heavy atom. The predicted octanol–water partition coefficient (Wildman–Crippen LogP) is -0.0302. The van der Waals surface area contributed by atoms with Gasteiger partial charge >= 0.3 is 27.3 Å². The molecule has 0 aromatic heterocycles. The summed E-state index contributed by atoms with van der Waals surface area (Å²) in [7, 11) is -5.85. The summed E-state index contributed by atoms with van der Waals surface area (Å²) in [6, 6.07) is -0.750. The fourth-order valence-corrected chi connectivity index (χ4v) is 5.34. The highest BCUT2D eigenvalue weighted by Crippen LogP contribution is 2.60. The van der Waals surface area contributed by atoms with E-state index in [1.807, 2.05) is 0 Å². The van der Waals surface area contributed by atoms with Gasteiger partial charge in [0.05, 0.1) is 17.9 Å². The van der Waals surface area contributed by atoms with Crippen LogP contribution >= 0.6 is 0 Å². The third-order valence-corrected chi connectivity index (χ3v) is 6.92. The maximum absolute atomic E-state index is 13.7. The zero-order chi connectivity index (χ0) is 22.0. The van der Waals surface area contributed by atoms with E-state index in [9.17, 15) is 36.4 Å². The molecule has 0 radical (unpaired) electrons. The standard InChI is InChI=1S/C16H19F2NO9S/c1-5(16(17,18)29(24,25)26)27-15(23)11-9-4-8-10(11)14(22)19(6(2)20)12(8)13(9)28-7(3)21/h5,8-13H,4H2,1-3H3,(H,24,25,26). The lowest BCUT2D eigenvalue weighted by Crippen LogP contribution is -2.49. The Balaban J connectivity index is 1.91. The normalized spacial score (nSPS) is 34.3. The summed E-state index contributed by atoms with van der Waals surface area (Å²) in [6.07, 6.45) is -3.31. The number of likely N-dealkylation sites (tertiary alicyclic amines) is 1. The van der Waals surface area contributed by atoms with Gasteiger partial charge in [0.1, 0.15) is 6.10 Å². The van der Waals surface area contributed by atoms with Crippen LogP contribution in [-0.4, -0.2) is 65.1 Å². The fourth-order valence-electron chi connectivity index (χ4n) is 4.88. The lowest BCUT2D eigenvalue weighted by molar-refractivity contribution is -0.173. The number of rotatable bonds is 5. The van der Waals surface area contributed by atoms with Crippen LogP contribution in [-0.2, 0) is 38.8 Å². The Morgan fingerprint density at radius 2 is 1.83 bits per heavy atom. The van der Waals surface area contributed by atoms with Gasteiger partial charge in [0.25, 0.3) is 0 Å². The van der Waals surface area contributed by atoms with Crippen molar-refractivity contribution in [1.82, 2.24) is 4.90 Å². The van der Waals surface area contributed by atoms with Gasteiger partial charge in [-0.3, -0.25) is 28.6 Å². The van der Waals surface area contributed by atoms with E-state index in [-0.39, 0.29) is 6.42 Å². The van der Waals surface area contributed by atoms with Gasteiger partial charge in [-0.05, 0) is 19.3 Å². The highest BCUT2D eigenvalue weighted by molar-refractivity contribution is 7.86. The summed E-state index contributed by atoms with van der Waals surface area (Å²) in [5, 5.41) is -4.76. The topological polar surface area (TPSA) is 144 Å². The molecule has 2 amide bonds. The molecule has 7 unspecified atom stereocenters. The Labute approximate surface area is 164 Å². The van der Waals surface area contributed by atoms with Crippen LogP contribution in [0.3, 0.4) is 0 Å². The molecule has 162 valence electrons. The van der Waals surface area contributed by atoms with E-state index in [0.29, 0.717) is 6.92 Å². The van der Waals surface area contributed by atoms with Gasteiger partial charge < -0.3 is 9.47 Å². The first-order valence-electron chi connectivity index (χ1n) is 8.76. The van der Waals surface area contributed by atoms with Crippen molar-refractivity contribution in [3.05, 3.63) is 0 Å². The molecule has 1 aliphatic heterocycles. The number of fused-ring (bicyclic) bond motifs is 1. The summed E-state index contributed by atoms with van der Waals surface area (Å²) in [5.41, 5.74) is 0. The van der Waals surface area contributed by atoms with E-state index >= 15 is 0 Å². The Kier molecular flexibility index (Phi) is 4.97. The monoisotopic (exact) mass is 439 g/mol. The molecule has 2 aliphatic carbocycles. The third kappa shape index (κ3) is 3.10. The summed E-state index contributed by atoms with van der Waals surface area (Å²) >= 11 is 0. The zero-order valence-corrected chi connectivity index (χ0v) is 16.4. The van der Waals surface area contributed by atoms with Crippen molar-refractivity contribution in [1.29, 1.82) is 0 Å². The highest BCUT2D eigenvalue weighted by Gasteiger charge is 2.72. The second-order valence-corrected chi connectivity index (χ2v) is 9.02. The highest BCUT2D eigenvalue weighted by atomic mass is 32.2. The van der Waals surface area contributed by atoms with E-state index in [0.717, 1.165) is 18.7 Å². The molecule has 13 heteroatoms. The Hall–Kier alpha value is -2.15. The first-order chi connectivity index (χ1) is 13.2. The molecule has 0 spiro atoms. The number of halogens is 2. The van der Waals surface area contributed by atoms with E-state index in [1.54, 1.807) is 0 Å². The van der Waals surface area contributed by atoms with Gasteiger partial charge in [0.15, 0.2) is 6.10 Å². The lowest BCUT2D eigenvalue weighted by atomic mass is 9.78. The summed E-state index contributed by atoms with van der Waals surface area (Å²) in [4.78, 5) is 49.7. The minimum atomic E-state index is -5.85. The second-order valence-electron chi connectivity index (χ2n) is 7.52. The van der Waals surface area contributed by atoms with Crippen molar-refractivity contribution >= 4 is 33.9 Å². The summed E-state index contributed by atoms with van der Waals surface area (Å²) in [5.74, 6) is -6.89. The molecule has 10 nitrogen and oxygen atoms in total. The van der Waals surface area contributed by atoms with Crippen LogP contribution in [0.15, 0.2) is 0 Å². The van der Waals surface area contributed by atoms with Crippen molar-refractivity contribution in [3.63, 3.8) is 0 Å². The van der Waals surface area contributed by atoms with Gasteiger partial charge in [-0.15, -0.1) is 0 Å². The average Bonchev–Trinajstić information content (AvgIpc) is 3.15. The molecular weight excluding hydrogens is 420 g/mol. The Bertz CT molecular complexity index is 889. The maximum Gasteiger partial charge on any atom is 0.405 e. The number of ether oxygens (including phenoxy) is 2. The Morgan fingerprint density at radius 1 is 1.24 bits per heavy atom. The van der Waals surface area contributed by atoms with Gasteiger partial charge in [0, 0.05) is 19.8 Å². The molecule has 1 N–H and O–H groups in total. The van der Waals surface area contributed by atoms with Crippen molar-refractivity contribution in [3.8, 4) is 0 Å².